The van der Waals surface area contributed by atoms with Crippen molar-refractivity contribution in [1.29, 1.82) is 5.26 Å². The Labute approximate surface area is 165 Å². The number of benzene rings is 1. The normalized spacial score (nSPS) is 15.1. The molecule has 0 unspecified atom stereocenters. The van der Waals surface area contributed by atoms with Crippen LogP contribution in [0.2, 0.25) is 0 Å². The molecule has 0 saturated carbocycles. The monoisotopic (exact) mass is 378 g/mol. The lowest BCUT2D eigenvalue weighted by Gasteiger charge is -2.23. The van der Waals surface area contributed by atoms with E-state index in [0.717, 1.165) is 86.7 Å². The Kier molecular flexibility index (Phi) is 5.75. The summed E-state index contributed by atoms with van der Waals surface area (Å²) in [7, 11) is 0. The SMILES string of the molecule is CCCc1cc(NCCC[NH+]2CCOCC2)n2c(nc3ccccc32)c1C#N. The van der Waals surface area contributed by atoms with Crippen molar-refractivity contribution in [2.45, 2.75) is 26.2 Å². The maximum absolute atomic E-state index is 9.78. The van der Waals surface area contributed by atoms with Gasteiger partial charge in [0.05, 0.1) is 36.4 Å². The average molecular weight is 379 g/mol. The van der Waals surface area contributed by atoms with Crippen LogP contribution in [0.1, 0.15) is 30.9 Å². The van der Waals surface area contributed by atoms with E-state index in [1.165, 1.54) is 0 Å². The molecular weight excluding hydrogens is 350 g/mol. The quantitative estimate of drug-likeness (QED) is 0.618. The van der Waals surface area contributed by atoms with Gasteiger partial charge in [-0.05, 0) is 30.2 Å². The number of para-hydroxylation sites is 2. The van der Waals surface area contributed by atoms with Crippen LogP contribution in [0, 0.1) is 11.3 Å². The van der Waals surface area contributed by atoms with Crippen LogP contribution >= 0.6 is 0 Å². The van der Waals surface area contributed by atoms with Gasteiger partial charge in [0.15, 0.2) is 5.65 Å². The van der Waals surface area contributed by atoms with Crippen molar-refractivity contribution in [3.8, 4) is 6.07 Å². The first-order valence-electron chi connectivity index (χ1n) is 10.3. The second-order valence-electron chi connectivity index (χ2n) is 7.44. The molecular formula is C22H28N5O+. The summed E-state index contributed by atoms with van der Waals surface area (Å²) in [6, 6.07) is 12.6. The summed E-state index contributed by atoms with van der Waals surface area (Å²) < 4.78 is 7.55. The van der Waals surface area contributed by atoms with Crippen LogP contribution < -0.4 is 10.2 Å². The summed E-state index contributed by atoms with van der Waals surface area (Å²) in [5, 5.41) is 13.4. The summed E-state index contributed by atoms with van der Waals surface area (Å²) in [4.78, 5) is 6.40. The number of rotatable bonds is 7. The highest BCUT2D eigenvalue weighted by Gasteiger charge is 2.17. The minimum Gasteiger partial charge on any atom is -0.371 e. The van der Waals surface area contributed by atoms with E-state index in [-0.39, 0.29) is 0 Å². The Bertz CT molecular complexity index is 997. The van der Waals surface area contributed by atoms with Gasteiger partial charge in [-0.15, -0.1) is 0 Å². The molecule has 2 aromatic heterocycles. The number of ether oxygens (including phenoxy) is 1. The summed E-state index contributed by atoms with van der Waals surface area (Å²) in [6.07, 6.45) is 2.99. The van der Waals surface area contributed by atoms with E-state index in [2.05, 4.69) is 34.8 Å². The zero-order valence-corrected chi connectivity index (χ0v) is 16.5. The van der Waals surface area contributed by atoms with Crippen molar-refractivity contribution in [1.82, 2.24) is 9.38 Å². The summed E-state index contributed by atoms with van der Waals surface area (Å²) in [5.41, 5.74) is 4.50. The molecule has 146 valence electrons. The number of aryl methyl sites for hydroxylation is 1. The Morgan fingerprint density at radius 2 is 2.11 bits per heavy atom. The van der Waals surface area contributed by atoms with Crippen molar-refractivity contribution >= 4 is 22.5 Å². The molecule has 6 nitrogen and oxygen atoms in total. The van der Waals surface area contributed by atoms with Gasteiger partial charge in [0.1, 0.15) is 25.0 Å². The van der Waals surface area contributed by atoms with Crippen LogP contribution in [-0.4, -0.2) is 48.8 Å². The molecule has 0 bridgehead atoms. The van der Waals surface area contributed by atoms with Crippen LogP contribution in [0.25, 0.3) is 16.7 Å². The number of imidazole rings is 1. The fourth-order valence-electron chi connectivity index (χ4n) is 4.07. The molecule has 3 aromatic rings. The zero-order chi connectivity index (χ0) is 19.3. The van der Waals surface area contributed by atoms with Crippen molar-refractivity contribution in [3.63, 3.8) is 0 Å². The van der Waals surface area contributed by atoms with Gasteiger partial charge in [0.25, 0.3) is 0 Å². The van der Waals surface area contributed by atoms with Gasteiger partial charge >= 0.3 is 0 Å². The number of nitrogens with one attached hydrogen (secondary N) is 2. The van der Waals surface area contributed by atoms with E-state index in [4.69, 9.17) is 9.72 Å². The minimum atomic E-state index is 0.696. The van der Waals surface area contributed by atoms with E-state index in [1.807, 2.05) is 18.2 Å². The third-order valence-corrected chi connectivity index (χ3v) is 5.50. The molecule has 1 aliphatic rings. The number of aromatic nitrogens is 2. The predicted octanol–water partition coefficient (Wildman–Crippen LogP) is 2.03. The Hall–Kier alpha value is -2.62. The number of anilines is 1. The van der Waals surface area contributed by atoms with Gasteiger partial charge in [0, 0.05) is 13.0 Å². The van der Waals surface area contributed by atoms with Gasteiger partial charge in [-0.25, -0.2) is 4.98 Å². The average Bonchev–Trinajstić information content (AvgIpc) is 3.12. The van der Waals surface area contributed by atoms with Crippen LogP contribution in [0.4, 0.5) is 5.82 Å². The zero-order valence-electron chi connectivity index (χ0n) is 16.5. The number of quaternary nitrogens is 1. The number of nitrogens with zero attached hydrogens (tertiary/aromatic N) is 3. The first kappa shape index (κ1) is 18.7. The second-order valence-corrected chi connectivity index (χ2v) is 7.44. The van der Waals surface area contributed by atoms with Crippen molar-refractivity contribution in [3.05, 3.63) is 41.5 Å². The van der Waals surface area contributed by atoms with Gasteiger partial charge in [0.2, 0.25) is 0 Å². The first-order valence-corrected chi connectivity index (χ1v) is 10.3. The van der Waals surface area contributed by atoms with E-state index >= 15 is 0 Å². The Morgan fingerprint density at radius 3 is 2.89 bits per heavy atom. The highest BCUT2D eigenvalue weighted by Crippen LogP contribution is 2.27. The maximum Gasteiger partial charge on any atom is 0.157 e. The summed E-state index contributed by atoms with van der Waals surface area (Å²) >= 11 is 0. The molecule has 0 radical (unpaired) electrons. The van der Waals surface area contributed by atoms with Crippen LogP contribution in [0.3, 0.4) is 0 Å². The number of morpholine rings is 1. The summed E-state index contributed by atoms with van der Waals surface area (Å²) in [6.45, 7) is 8.17. The molecule has 28 heavy (non-hydrogen) atoms. The molecule has 2 N–H and O–H groups in total. The Morgan fingerprint density at radius 1 is 1.29 bits per heavy atom. The van der Waals surface area contributed by atoms with Gasteiger partial charge in [-0.2, -0.15) is 5.26 Å². The molecule has 1 saturated heterocycles. The molecule has 1 aliphatic heterocycles. The lowest BCUT2D eigenvalue weighted by Crippen LogP contribution is -3.14. The fraction of sp³-hybridized carbons (Fsp3) is 0.455. The maximum atomic E-state index is 9.78. The van der Waals surface area contributed by atoms with Crippen LogP contribution in [0.5, 0.6) is 0 Å². The number of hydrogen-bond donors (Lipinski definition) is 2. The van der Waals surface area contributed by atoms with Gasteiger partial charge in [-0.3, -0.25) is 4.40 Å². The molecule has 0 spiro atoms. The first-order chi connectivity index (χ1) is 13.8. The van der Waals surface area contributed by atoms with Gasteiger partial charge < -0.3 is 15.0 Å². The highest BCUT2D eigenvalue weighted by molar-refractivity contribution is 5.85. The predicted molar refractivity (Wildman–Crippen MR) is 111 cm³/mol. The van der Waals surface area contributed by atoms with E-state index < -0.39 is 0 Å². The summed E-state index contributed by atoms with van der Waals surface area (Å²) in [5.74, 6) is 1.03. The lowest BCUT2D eigenvalue weighted by atomic mass is 10.1. The van der Waals surface area contributed by atoms with E-state index in [0.29, 0.717) is 5.56 Å². The standard InChI is InChI=1S/C22H27N5O/c1-2-6-17-15-21(24-9-5-10-26-11-13-28-14-12-26)27-20-8-4-3-7-19(20)25-22(27)18(17)16-23/h3-4,7-8,15,24H,2,5-6,9-14H2,1H3/p+1. The van der Waals surface area contributed by atoms with Crippen LogP contribution in [-0.2, 0) is 11.2 Å². The van der Waals surface area contributed by atoms with Gasteiger partial charge in [-0.1, -0.05) is 25.5 Å². The molecule has 1 aromatic carbocycles. The third-order valence-electron chi connectivity index (χ3n) is 5.50. The van der Waals surface area contributed by atoms with Crippen molar-refractivity contribution in [2.75, 3.05) is 44.7 Å². The molecule has 0 aliphatic carbocycles. The molecule has 0 atom stereocenters. The number of hydrogen-bond acceptors (Lipinski definition) is 4. The minimum absolute atomic E-state index is 0.696. The molecule has 3 heterocycles. The molecule has 0 amide bonds. The highest BCUT2D eigenvalue weighted by atomic mass is 16.5. The lowest BCUT2D eigenvalue weighted by molar-refractivity contribution is -0.908. The van der Waals surface area contributed by atoms with E-state index in [1.54, 1.807) is 4.90 Å². The molecule has 6 heteroatoms. The number of nitriles is 1. The topological polar surface area (TPSA) is 66.8 Å². The van der Waals surface area contributed by atoms with Crippen LogP contribution in [0.15, 0.2) is 30.3 Å². The van der Waals surface area contributed by atoms with Crippen molar-refractivity contribution in [2.24, 2.45) is 0 Å². The smallest absolute Gasteiger partial charge is 0.157 e. The van der Waals surface area contributed by atoms with Crippen molar-refractivity contribution < 1.29 is 9.64 Å². The molecule has 4 rings (SSSR count). The molecule has 1 fully saturated rings. The Balaban J connectivity index is 1.63. The van der Waals surface area contributed by atoms with E-state index in [9.17, 15) is 5.26 Å². The third kappa shape index (κ3) is 3.68. The number of fused-ring (bicyclic) bond motifs is 3. The fourth-order valence-corrected chi connectivity index (χ4v) is 4.07. The number of pyridine rings is 1. The second kappa shape index (κ2) is 8.59. The largest absolute Gasteiger partial charge is 0.371 e.